The van der Waals surface area contributed by atoms with Crippen molar-refractivity contribution in [3.63, 3.8) is 0 Å². The summed E-state index contributed by atoms with van der Waals surface area (Å²) < 4.78 is 0.719. The number of amides is 1. The van der Waals surface area contributed by atoms with Crippen molar-refractivity contribution in [3.8, 4) is 10.6 Å². The normalized spacial score (nSPS) is 15.7. The number of carbonyl (C=O) groups is 1. The Morgan fingerprint density at radius 1 is 1.12 bits per heavy atom. The van der Waals surface area contributed by atoms with E-state index in [1.165, 1.54) is 11.3 Å². The monoisotopic (exact) mass is 371 g/mol. The van der Waals surface area contributed by atoms with E-state index in [1.807, 2.05) is 47.4 Å². The molecule has 1 aliphatic heterocycles. The third-order valence-electron chi connectivity index (χ3n) is 4.56. The van der Waals surface area contributed by atoms with Crippen LogP contribution in [0.25, 0.3) is 21.5 Å². The molecule has 0 saturated carbocycles. The summed E-state index contributed by atoms with van der Waals surface area (Å²) in [4.78, 5) is 23.1. The number of likely N-dealkylation sites (N-methyl/N-ethyl adjacent to an activating group) is 1. The van der Waals surface area contributed by atoms with Crippen molar-refractivity contribution in [3.05, 3.63) is 52.4 Å². The Morgan fingerprint density at radius 2 is 1.88 bits per heavy atom. The van der Waals surface area contributed by atoms with Gasteiger partial charge in [-0.3, -0.25) is 4.79 Å². The Balaban J connectivity index is 1.80. The van der Waals surface area contributed by atoms with E-state index < -0.39 is 0 Å². The predicted octanol–water partition coefficient (Wildman–Crippen LogP) is 4.00. The fourth-order valence-corrected chi connectivity index (χ4v) is 4.11. The molecule has 25 heavy (non-hydrogen) atoms. The molecular weight excluding hydrogens is 354 g/mol. The summed E-state index contributed by atoms with van der Waals surface area (Å²) >= 11 is 7.55. The van der Waals surface area contributed by atoms with E-state index >= 15 is 0 Å². The van der Waals surface area contributed by atoms with E-state index in [-0.39, 0.29) is 5.91 Å². The van der Waals surface area contributed by atoms with Crippen LogP contribution >= 0.6 is 22.9 Å². The molecule has 4 rings (SSSR count). The number of benzene rings is 1. The van der Waals surface area contributed by atoms with Gasteiger partial charge in [0, 0.05) is 31.6 Å². The Morgan fingerprint density at radius 3 is 2.60 bits per heavy atom. The van der Waals surface area contributed by atoms with Crippen molar-refractivity contribution in [2.75, 3.05) is 33.2 Å². The maximum Gasteiger partial charge on any atom is 0.254 e. The lowest BCUT2D eigenvalue weighted by Crippen LogP contribution is -2.47. The molecule has 2 aromatic heterocycles. The van der Waals surface area contributed by atoms with Gasteiger partial charge < -0.3 is 9.80 Å². The van der Waals surface area contributed by atoms with Crippen LogP contribution in [0.1, 0.15) is 10.4 Å². The van der Waals surface area contributed by atoms with E-state index in [0.29, 0.717) is 0 Å². The number of piperazine rings is 1. The van der Waals surface area contributed by atoms with Gasteiger partial charge in [-0.25, -0.2) is 4.98 Å². The predicted molar refractivity (Wildman–Crippen MR) is 103 cm³/mol. The molecule has 1 saturated heterocycles. The fourth-order valence-electron chi connectivity index (χ4n) is 3.11. The number of fused-ring (bicyclic) bond motifs is 1. The summed E-state index contributed by atoms with van der Waals surface area (Å²) in [5.41, 5.74) is 2.35. The minimum absolute atomic E-state index is 0.0793. The first-order valence-corrected chi connectivity index (χ1v) is 9.44. The van der Waals surface area contributed by atoms with Gasteiger partial charge in [0.15, 0.2) is 0 Å². The lowest BCUT2D eigenvalue weighted by molar-refractivity contribution is 0.0666. The molecule has 1 aliphatic rings. The van der Waals surface area contributed by atoms with Crippen LogP contribution in [-0.4, -0.2) is 53.9 Å². The summed E-state index contributed by atoms with van der Waals surface area (Å²) in [5.74, 6) is 0.0793. The SMILES string of the molecule is CN1CCN(C(=O)c2cc(-c3ccc(Cl)s3)nc3ccccc23)CC1. The molecule has 0 N–H and O–H groups in total. The Kier molecular flexibility index (Phi) is 4.46. The van der Waals surface area contributed by atoms with Crippen LogP contribution in [0.15, 0.2) is 42.5 Å². The van der Waals surface area contributed by atoms with Crippen molar-refractivity contribution >= 4 is 39.7 Å². The molecule has 6 heteroatoms. The van der Waals surface area contributed by atoms with E-state index in [4.69, 9.17) is 16.6 Å². The number of para-hydroxylation sites is 1. The van der Waals surface area contributed by atoms with Crippen molar-refractivity contribution in [1.82, 2.24) is 14.8 Å². The first kappa shape index (κ1) is 16.5. The molecule has 0 atom stereocenters. The summed E-state index contributed by atoms with van der Waals surface area (Å²) in [7, 11) is 2.09. The maximum atomic E-state index is 13.2. The highest BCUT2D eigenvalue weighted by Gasteiger charge is 2.23. The molecule has 0 aliphatic carbocycles. The lowest BCUT2D eigenvalue weighted by Gasteiger charge is -2.32. The van der Waals surface area contributed by atoms with Crippen LogP contribution < -0.4 is 0 Å². The molecule has 0 radical (unpaired) electrons. The van der Waals surface area contributed by atoms with Gasteiger partial charge in [-0.05, 0) is 31.3 Å². The zero-order valence-corrected chi connectivity index (χ0v) is 15.5. The van der Waals surface area contributed by atoms with Gasteiger partial charge in [-0.2, -0.15) is 0 Å². The fraction of sp³-hybridized carbons (Fsp3) is 0.263. The van der Waals surface area contributed by atoms with Gasteiger partial charge in [-0.15, -0.1) is 11.3 Å². The molecular formula is C19H18ClN3OS. The number of hydrogen-bond donors (Lipinski definition) is 0. The summed E-state index contributed by atoms with van der Waals surface area (Å²) in [6.07, 6.45) is 0. The van der Waals surface area contributed by atoms with Crippen molar-refractivity contribution < 1.29 is 4.79 Å². The summed E-state index contributed by atoms with van der Waals surface area (Å²) in [5, 5.41) is 0.901. The number of aromatic nitrogens is 1. The van der Waals surface area contributed by atoms with Crippen molar-refractivity contribution in [2.24, 2.45) is 0 Å². The first-order valence-electron chi connectivity index (χ1n) is 8.25. The number of pyridine rings is 1. The minimum atomic E-state index is 0.0793. The van der Waals surface area contributed by atoms with E-state index in [2.05, 4.69) is 11.9 Å². The highest BCUT2D eigenvalue weighted by molar-refractivity contribution is 7.19. The topological polar surface area (TPSA) is 36.4 Å². The molecule has 3 aromatic rings. The molecule has 1 fully saturated rings. The second-order valence-electron chi connectivity index (χ2n) is 6.27. The number of nitrogens with zero attached hydrogens (tertiary/aromatic N) is 3. The Hall–Kier alpha value is -1.95. The Labute approximate surface area is 155 Å². The number of hydrogen-bond acceptors (Lipinski definition) is 4. The standard InChI is InChI=1S/C19H18ClN3OS/c1-22-8-10-23(11-9-22)19(24)14-12-16(17-6-7-18(20)25-17)21-15-5-3-2-4-13(14)15/h2-7,12H,8-11H2,1H3. The second-order valence-corrected chi connectivity index (χ2v) is 7.99. The average molecular weight is 372 g/mol. The number of rotatable bonds is 2. The van der Waals surface area contributed by atoms with Crippen LogP contribution in [0.4, 0.5) is 0 Å². The Bertz CT molecular complexity index is 931. The van der Waals surface area contributed by atoms with Crippen molar-refractivity contribution in [1.29, 1.82) is 0 Å². The summed E-state index contributed by atoms with van der Waals surface area (Å²) in [6.45, 7) is 3.32. The molecule has 3 heterocycles. The highest BCUT2D eigenvalue weighted by Crippen LogP contribution is 2.32. The smallest absolute Gasteiger partial charge is 0.254 e. The quantitative estimate of drug-likeness (QED) is 0.683. The number of halogens is 1. The maximum absolute atomic E-state index is 13.2. The molecule has 0 spiro atoms. The van der Waals surface area contributed by atoms with Gasteiger partial charge in [0.25, 0.3) is 5.91 Å². The van der Waals surface area contributed by atoms with E-state index in [9.17, 15) is 4.79 Å². The van der Waals surface area contributed by atoms with Gasteiger partial charge in [0.05, 0.1) is 26.0 Å². The first-order chi connectivity index (χ1) is 12.1. The van der Waals surface area contributed by atoms with Crippen LogP contribution in [-0.2, 0) is 0 Å². The van der Waals surface area contributed by atoms with Gasteiger partial charge >= 0.3 is 0 Å². The molecule has 0 unspecified atom stereocenters. The van der Waals surface area contributed by atoms with Crippen LogP contribution in [0, 0.1) is 0 Å². The third-order valence-corrected chi connectivity index (χ3v) is 5.82. The molecule has 1 aromatic carbocycles. The number of carbonyl (C=O) groups excluding carboxylic acids is 1. The van der Waals surface area contributed by atoms with Crippen LogP contribution in [0.5, 0.6) is 0 Å². The summed E-state index contributed by atoms with van der Waals surface area (Å²) in [6, 6.07) is 13.5. The lowest BCUT2D eigenvalue weighted by atomic mass is 10.1. The van der Waals surface area contributed by atoms with Crippen LogP contribution in [0.2, 0.25) is 4.34 Å². The highest BCUT2D eigenvalue weighted by atomic mass is 35.5. The molecule has 128 valence electrons. The van der Waals surface area contributed by atoms with Crippen LogP contribution in [0.3, 0.4) is 0 Å². The van der Waals surface area contributed by atoms with E-state index in [0.717, 1.165) is 57.6 Å². The third kappa shape index (κ3) is 3.27. The molecule has 4 nitrogen and oxygen atoms in total. The molecule has 0 bridgehead atoms. The largest absolute Gasteiger partial charge is 0.336 e. The second kappa shape index (κ2) is 6.75. The number of thiophene rings is 1. The zero-order chi connectivity index (χ0) is 17.4. The van der Waals surface area contributed by atoms with Crippen molar-refractivity contribution in [2.45, 2.75) is 0 Å². The average Bonchev–Trinajstić information content (AvgIpc) is 3.07. The molecule has 1 amide bonds. The van der Waals surface area contributed by atoms with Gasteiger partial charge in [0.1, 0.15) is 0 Å². The van der Waals surface area contributed by atoms with Gasteiger partial charge in [0.2, 0.25) is 0 Å². The van der Waals surface area contributed by atoms with Gasteiger partial charge in [-0.1, -0.05) is 29.8 Å². The minimum Gasteiger partial charge on any atom is -0.336 e. The van der Waals surface area contributed by atoms with E-state index in [1.54, 1.807) is 0 Å². The zero-order valence-electron chi connectivity index (χ0n) is 13.9.